The molecule has 5 nitrogen and oxygen atoms in total. The zero-order valence-corrected chi connectivity index (χ0v) is 16.6. The largest absolute Gasteiger partial charge is 0.493 e. The van der Waals surface area contributed by atoms with Gasteiger partial charge >= 0.3 is 0 Å². The van der Waals surface area contributed by atoms with Crippen LogP contribution >= 0.6 is 24.0 Å². The highest BCUT2D eigenvalue weighted by molar-refractivity contribution is 14.0. The topological polar surface area (TPSA) is 46.1 Å². The Labute approximate surface area is 156 Å². The summed E-state index contributed by atoms with van der Waals surface area (Å²) in [6.45, 7) is 8.43. The lowest BCUT2D eigenvalue weighted by Gasteiger charge is -2.20. The molecule has 0 bridgehead atoms. The Hall–Kier alpha value is -1.18. The summed E-state index contributed by atoms with van der Waals surface area (Å²) in [4.78, 5) is 7.09. The van der Waals surface area contributed by atoms with Crippen LogP contribution in [0.3, 0.4) is 0 Å². The number of likely N-dealkylation sites (tertiary alicyclic amines) is 1. The molecule has 0 amide bonds. The molecule has 1 aromatic rings. The average Bonchev–Trinajstić information content (AvgIpc) is 3.06. The Balaban J connectivity index is 0.00000264. The molecule has 0 atom stereocenters. The van der Waals surface area contributed by atoms with E-state index < -0.39 is 0 Å². The van der Waals surface area contributed by atoms with Crippen LogP contribution in [0.15, 0.2) is 23.2 Å². The summed E-state index contributed by atoms with van der Waals surface area (Å²) in [5, 5.41) is 3.38. The number of benzene rings is 1. The number of nitrogens with one attached hydrogen (secondary N) is 1. The molecule has 0 radical (unpaired) electrons. The molecule has 23 heavy (non-hydrogen) atoms. The van der Waals surface area contributed by atoms with Crippen LogP contribution in [0.25, 0.3) is 0 Å². The molecule has 1 heterocycles. The maximum Gasteiger partial charge on any atom is 0.194 e. The van der Waals surface area contributed by atoms with Gasteiger partial charge in [0.25, 0.3) is 0 Å². The minimum absolute atomic E-state index is 0. The van der Waals surface area contributed by atoms with E-state index in [1.807, 2.05) is 25.1 Å². The number of methoxy groups -OCH3 is 1. The third-order valence-corrected chi connectivity index (χ3v) is 3.68. The monoisotopic (exact) mass is 433 g/mol. The van der Waals surface area contributed by atoms with Crippen molar-refractivity contribution in [1.29, 1.82) is 0 Å². The number of hydrogen-bond acceptors (Lipinski definition) is 3. The predicted octanol–water partition coefficient (Wildman–Crippen LogP) is 3.27. The highest BCUT2D eigenvalue weighted by atomic mass is 127. The molecule has 130 valence electrons. The molecule has 1 aromatic carbocycles. The smallest absolute Gasteiger partial charge is 0.194 e. The molecule has 2 rings (SSSR count). The molecule has 1 aliphatic heterocycles. The van der Waals surface area contributed by atoms with Gasteiger partial charge in [-0.1, -0.05) is 6.07 Å². The maximum absolute atomic E-state index is 5.62. The van der Waals surface area contributed by atoms with Gasteiger partial charge in [0.1, 0.15) is 0 Å². The van der Waals surface area contributed by atoms with Crippen molar-refractivity contribution in [3.63, 3.8) is 0 Å². The zero-order valence-electron chi connectivity index (χ0n) is 14.3. The van der Waals surface area contributed by atoms with Crippen molar-refractivity contribution in [3.8, 4) is 11.5 Å². The molecule has 1 aliphatic rings. The van der Waals surface area contributed by atoms with Crippen molar-refractivity contribution in [3.05, 3.63) is 23.8 Å². The second kappa shape index (κ2) is 10.6. The Morgan fingerprint density at radius 1 is 1.22 bits per heavy atom. The van der Waals surface area contributed by atoms with Crippen LogP contribution in [0.5, 0.6) is 11.5 Å². The van der Waals surface area contributed by atoms with E-state index in [-0.39, 0.29) is 24.0 Å². The zero-order chi connectivity index (χ0) is 15.8. The summed E-state index contributed by atoms with van der Waals surface area (Å²) in [6.07, 6.45) is 2.50. The van der Waals surface area contributed by atoms with Crippen LogP contribution in [0.4, 0.5) is 0 Å². The van der Waals surface area contributed by atoms with Gasteiger partial charge in [-0.2, -0.15) is 0 Å². The molecule has 1 N–H and O–H groups in total. The highest BCUT2D eigenvalue weighted by Gasteiger charge is 2.15. The van der Waals surface area contributed by atoms with Crippen LogP contribution in [0.2, 0.25) is 0 Å². The number of aliphatic imine (C=N–C) groups is 1. The van der Waals surface area contributed by atoms with Crippen LogP contribution in [0.1, 0.15) is 32.3 Å². The first-order chi connectivity index (χ1) is 10.8. The number of guanidine groups is 1. The van der Waals surface area contributed by atoms with Gasteiger partial charge in [-0.15, -0.1) is 24.0 Å². The van der Waals surface area contributed by atoms with Gasteiger partial charge in [0.15, 0.2) is 17.5 Å². The molecule has 0 spiro atoms. The molecule has 0 aromatic heterocycles. The van der Waals surface area contributed by atoms with Gasteiger partial charge in [-0.3, -0.25) is 0 Å². The quantitative estimate of drug-likeness (QED) is 0.425. The van der Waals surface area contributed by atoms with Gasteiger partial charge in [0, 0.05) is 19.6 Å². The van der Waals surface area contributed by atoms with Gasteiger partial charge in [-0.05, 0) is 44.4 Å². The van der Waals surface area contributed by atoms with Gasteiger partial charge in [-0.25, -0.2) is 4.99 Å². The van der Waals surface area contributed by atoms with Gasteiger partial charge < -0.3 is 19.7 Å². The van der Waals surface area contributed by atoms with E-state index in [9.17, 15) is 0 Å². The van der Waals surface area contributed by atoms with E-state index in [1.54, 1.807) is 7.11 Å². The SMILES string of the molecule is CCNC(=NCc1ccc(OC)c(OCC)c1)N1CCCC1.I. The Morgan fingerprint density at radius 3 is 2.57 bits per heavy atom. The standard InChI is InChI=1S/C17H27N3O2.HI/c1-4-18-17(20-10-6-7-11-20)19-13-14-8-9-15(21-3)16(12-14)22-5-2;/h8-9,12H,4-7,10-11,13H2,1-3H3,(H,18,19);1H. The molecular formula is C17H28IN3O2. The normalized spacial score (nSPS) is 14.4. The second-order valence-electron chi connectivity index (χ2n) is 5.28. The van der Waals surface area contributed by atoms with Crippen LogP contribution in [-0.2, 0) is 6.54 Å². The van der Waals surface area contributed by atoms with Crippen molar-refractivity contribution < 1.29 is 9.47 Å². The Morgan fingerprint density at radius 2 is 1.96 bits per heavy atom. The van der Waals surface area contributed by atoms with Gasteiger partial charge in [0.2, 0.25) is 0 Å². The van der Waals surface area contributed by atoms with Crippen LogP contribution in [0, 0.1) is 0 Å². The molecule has 0 unspecified atom stereocenters. The van der Waals surface area contributed by atoms with Crippen molar-refractivity contribution in [2.24, 2.45) is 4.99 Å². The summed E-state index contributed by atoms with van der Waals surface area (Å²) in [5.41, 5.74) is 1.12. The molecule has 1 saturated heterocycles. The summed E-state index contributed by atoms with van der Waals surface area (Å²) in [6, 6.07) is 6.00. The molecular weight excluding hydrogens is 405 g/mol. The van der Waals surface area contributed by atoms with E-state index in [0.29, 0.717) is 13.2 Å². The fourth-order valence-electron chi connectivity index (χ4n) is 2.61. The Kier molecular flexibility index (Phi) is 9.13. The van der Waals surface area contributed by atoms with E-state index in [2.05, 4.69) is 17.1 Å². The second-order valence-corrected chi connectivity index (χ2v) is 5.28. The molecule has 0 saturated carbocycles. The lowest BCUT2D eigenvalue weighted by molar-refractivity contribution is 0.310. The van der Waals surface area contributed by atoms with Crippen molar-refractivity contribution in [2.75, 3.05) is 33.4 Å². The average molecular weight is 433 g/mol. The first-order valence-corrected chi connectivity index (χ1v) is 8.11. The number of nitrogens with zero attached hydrogens (tertiary/aromatic N) is 2. The predicted molar refractivity (Wildman–Crippen MR) is 105 cm³/mol. The first-order valence-electron chi connectivity index (χ1n) is 8.11. The van der Waals surface area contributed by atoms with Crippen molar-refractivity contribution >= 4 is 29.9 Å². The molecule has 0 aliphatic carbocycles. The maximum atomic E-state index is 5.62. The van der Waals surface area contributed by atoms with Crippen molar-refractivity contribution in [2.45, 2.75) is 33.2 Å². The number of hydrogen-bond donors (Lipinski definition) is 1. The molecule has 1 fully saturated rings. The molecule has 6 heteroatoms. The summed E-state index contributed by atoms with van der Waals surface area (Å²) in [5.74, 6) is 2.55. The number of ether oxygens (including phenoxy) is 2. The third-order valence-electron chi connectivity index (χ3n) is 3.68. The fourth-order valence-corrected chi connectivity index (χ4v) is 2.61. The van der Waals surface area contributed by atoms with E-state index in [4.69, 9.17) is 14.5 Å². The minimum Gasteiger partial charge on any atom is -0.493 e. The third kappa shape index (κ3) is 5.75. The summed E-state index contributed by atoms with van der Waals surface area (Å²) >= 11 is 0. The summed E-state index contributed by atoms with van der Waals surface area (Å²) < 4.78 is 10.9. The van der Waals surface area contributed by atoms with Crippen LogP contribution in [-0.4, -0.2) is 44.2 Å². The van der Waals surface area contributed by atoms with E-state index >= 15 is 0 Å². The fraction of sp³-hybridized carbons (Fsp3) is 0.588. The number of rotatable bonds is 6. The minimum atomic E-state index is 0. The Bertz CT molecular complexity index is 503. The lowest BCUT2D eigenvalue weighted by Crippen LogP contribution is -2.39. The summed E-state index contributed by atoms with van der Waals surface area (Å²) in [7, 11) is 1.66. The van der Waals surface area contributed by atoms with E-state index in [1.165, 1.54) is 12.8 Å². The lowest BCUT2D eigenvalue weighted by atomic mass is 10.2. The van der Waals surface area contributed by atoms with Crippen molar-refractivity contribution in [1.82, 2.24) is 10.2 Å². The first kappa shape index (κ1) is 19.9. The van der Waals surface area contributed by atoms with Gasteiger partial charge in [0.05, 0.1) is 20.3 Å². The van der Waals surface area contributed by atoms with Crippen LogP contribution < -0.4 is 14.8 Å². The van der Waals surface area contributed by atoms with E-state index in [0.717, 1.165) is 42.7 Å². The highest BCUT2D eigenvalue weighted by Crippen LogP contribution is 2.28. The number of halogens is 1.